The minimum atomic E-state index is -2.76. The number of ketones is 4. The van der Waals surface area contributed by atoms with Crippen molar-refractivity contribution in [2.24, 2.45) is 29.4 Å². The second-order valence-corrected chi connectivity index (χ2v) is 11.3. The van der Waals surface area contributed by atoms with Crippen LogP contribution >= 0.6 is 0 Å². The number of amides is 2. The van der Waals surface area contributed by atoms with Gasteiger partial charge in [-0.25, -0.2) is 0 Å². The highest BCUT2D eigenvalue weighted by Crippen LogP contribution is 2.51. The molecule has 0 aliphatic heterocycles. The first-order valence-corrected chi connectivity index (χ1v) is 13.4. The summed E-state index contributed by atoms with van der Waals surface area (Å²) < 4.78 is 0. The Bertz CT molecular complexity index is 1510. The number of nitrogens with two attached hydrogens (primary N) is 1. The van der Waals surface area contributed by atoms with E-state index in [2.05, 4.69) is 5.32 Å². The average molecular weight is 562 g/mol. The summed E-state index contributed by atoms with van der Waals surface area (Å²) in [4.78, 5) is 79.7. The number of phenolic OH excluding ortho intramolecular Hbond substituents is 1. The van der Waals surface area contributed by atoms with Crippen molar-refractivity contribution in [2.75, 3.05) is 19.4 Å². The van der Waals surface area contributed by atoms with Gasteiger partial charge in [-0.15, -0.1) is 0 Å². The first-order chi connectivity index (χ1) is 19.3. The molecule has 11 nitrogen and oxygen atoms in total. The predicted octanol–water partition coefficient (Wildman–Crippen LogP) is 0.882. The second kappa shape index (κ2) is 10.0. The molecule has 41 heavy (non-hydrogen) atoms. The molecule has 2 saturated carbocycles. The molecule has 0 saturated heterocycles. The summed E-state index contributed by atoms with van der Waals surface area (Å²) in [5.74, 6) is -11.0. The van der Waals surface area contributed by atoms with Crippen molar-refractivity contribution >= 4 is 40.6 Å². The molecule has 0 heterocycles. The number of aliphatic hydroxyl groups is 1. The van der Waals surface area contributed by atoms with E-state index in [1.807, 2.05) is 0 Å². The smallest absolute Gasteiger partial charge is 0.235 e. The van der Waals surface area contributed by atoms with Gasteiger partial charge in [0, 0.05) is 18.0 Å². The maximum Gasteiger partial charge on any atom is 0.235 e. The number of nitrogens with zero attached hydrogens (tertiary/aromatic N) is 1. The Kier molecular flexibility index (Phi) is 6.91. The van der Waals surface area contributed by atoms with Gasteiger partial charge in [-0.2, -0.15) is 0 Å². The van der Waals surface area contributed by atoms with E-state index in [9.17, 15) is 39.0 Å². The maximum absolute atomic E-state index is 13.9. The average Bonchev–Trinajstić information content (AvgIpc) is 2.91. The van der Waals surface area contributed by atoms with Gasteiger partial charge in [-0.1, -0.05) is 25.1 Å². The second-order valence-electron chi connectivity index (χ2n) is 11.3. The Labute approximate surface area is 235 Å². The van der Waals surface area contributed by atoms with Gasteiger partial charge >= 0.3 is 0 Å². The van der Waals surface area contributed by atoms with Gasteiger partial charge in [0.15, 0.2) is 34.7 Å². The van der Waals surface area contributed by atoms with Crippen LogP contribution in [0.1, 0.15) is 35.7 Å². The fourth-order valence-electron chi connectivity index (χ4n) is 6.86. The van der Waals surface area contributed by atoms with Crippen molar-refractivity contribution in [3.63, 3.8) is 0 Å². The molecule has 2 aromatic carbocycles. The Morgan fingerprint density at radius 2 is 1.71 bits per heavy atom. The Hall–Kier alpha value is -4.22. The zero-order chi connectivity index (χ0) is 30.0. The lowest BCUT2D eigenvalue weighted by molar-refractivity contribution is -0.181. The van der Waals surface area contributed by atoms with E-state index in [4.69, 9.17) is 5.73 Å². The van der Waals surface area contributed by atoms with Gasteiger partial charge in [0.2, 0.25) is 11.8 Å². The molecular weight excluding hydrogens is 530 g/mol. The largest absolute Gasteiger partial charge is 0.507 e. The van der Waals surface area contributed by atoms with Crippen LogP contribution < -0.4 is 11.1 Å². The first kappa shape index (κ1) is 28.3. The normalized spacial score (nSPS) is 29.0. The Balaban J connectivity index is 1.59. The molecule has 11 heteroatoms. The Morgan fingerprint density at radius 1 is 1.05 bits per heavy atom. The quantitative estimate of drug-likeness (QED) is 0.385. The number of aromatic hydroxyl groups is 1. The van der Waals surface area contributed by atoms with E-state index in [0.29, 0.717) is 28.8 Å². The van der Waals surface area contributed by atoms with E-state index in [1.54, 1.807) is 37.3 Å². The molecule has 3 aliphatic rings. The van der Waals surface area contributed by atoms with Crippen LogP contribution in [0.15, 0.2) is 36.4 Å². The number of phenols is 1. The van der Waals surface area contributed by atoms with Crippen molar-refractivity contribution < 1.29 is 39.0 Å². The van der Waals surface area contributed by atoms with E-state index < -0.39 is 64.4 Å². The van der Waals surface area contributed by atoms with E-state index in [0.717, 1.165) is 0 Å². The van der Waals surface area contributed by atoms with Crippen LogP contribution in [0, 0.1) is 23.7 Å². The topological polar surface area (TPSA) is 184 Å². The molecule has 6 atom stereocenters. The molecule has 0 aromatic heterocycles. The number of rotatable bonds is 5. The molecule has 3 aliphatic carbocycles. The summed E-state index contributed by atoms with van der Waals surface area (Å²) in [6.07, 6.45) is 0.451. The van der Waals surface area contributed by atoms with E-state index in [1.165, 1.54) is 25.1 Å². The zero-order valence-corrected chi connectivity index (χ0v) is 22.8. The molecule has 2 amide bonds. The maximum atomic E-state index is 13.9. The molecular formula is C30H31N3O8. The van der Waals surface area contributed by atoms with Crippen LogP contribution in [0.3, 0.4) is 0 Å². The number of likely N-dealkylation sites (N-methyl/N-ethyl adjacent to an activating group) is 1. The number of Topliss-reactive ketones (excluding diaryl/α,β-unsaturated/α-hetero) is 4. The number of hydrogen-bond donors (Lipinski definition) is 4. The van der Waals surface area contributed by atoms with Gasteiger partial charge in [0.05, 0.1) is 17.5 Å². The number of carbonyl (C=O) groups is 6. The highest BCUT2D eigenvalue weighted by atomic mass is 16.3. The predicted molar refractivity (Wildman–Crippen MR) is 146 cm³/mol. The number of anilines is 1. The summed E-state index contributed by atoms with van der Waals surface area (Å²) >= 11 is 0. The third kappa shape index (κ3) is 4.18. The fraction of sp³-hybridized carbons (Fsp3) is 0.400. The van der Waals surface area contributed by atoms with E-state index in [-0.39, 0.29) is 30.1 Å². The van der Waals surface area contributed by atoms with Crippen LogP contribution in [0.4, 0.5) is 5.69 Å². The number of nitrogens with one attached hydrogen (secondary N) is 1. The summed E-state index contributed by atoms with van der Waals surface area (Å²) in [6.45, 7) is 1.74. The monoisotopic (exact) mass is 561 g/mol. The lowest BCUT2D eigenvalue weighted by Gasteiger charge is -2.52. The van der Waals surface area contributed by atoms with Gasteiger partial charge in [-0.05, 0) is 67.7 Å². The lowest BCUT2D eigenvalue weighted by Crippen LogP contribution is -2.74. The molecule has 2 fully saturated rings. The van der Waals surface area contributed by atoms with Crippen LogP contribution in [0.25, 0.3) is 11.1 Å². The third-order valence-electron chi connectivity index (χ3n) is 8.75. The molecule has 5 rings (SSSR count). The summed E-state index contributed by atoms with van der Waals surface area (Å²) in [7, 11) is 3.08. The SMILES string of the molecule is CCC(=O)Nc1ccc(-c2ccc(O)c3c2CC2CC4C(N(C)C)C(=O)C(C(N)=O)C(=O)C4(O)C(=O)C2C3=O)cc1. The summed E-state index contributed by atoms with van der Waals surface area (Å²) in [5, 5.41) is 25.2. The van der Waals surface area contributed by atoms with Crippen molar-refractivity contribution in [2.45, 2.75) is 37.8 Å². The molecule has 0 spiro atoms. The van der Waals surface area contributed by atoms with Crippen molar-refractivity contribution in [1.29, 1.82) is 0 Å². The number of benzene rings is 2. The lowest BCUT2D eigenvalue weighted by atomic mass is 9.52. The molecule has 0 radical (unpaired) electrons. The highest BCUT2D eigenvalue weighted by Gasteiger charge is 2.69. The first-order valence-electron chi connectivity index (χ1n) is 13.4. The number of hydrogen-bond acceptors (Lipinski definition) is 9. The van der Waals surface area contributed by atoms with Crippen molar-refractivity contribution in [3.05, 3.63) is 47.5 Å². The standard InChI is InChI=1S/C30H31N3O8/c1-4-20(35)32-15-7-5-13(6-8-15)16-9-10-19(34)22-17(16)11-14-12-18-24(33(2)3)26(37)23(29(31)40)28(39)30(18,41)27(38)21(14)25(22)36/h5-10,14,18,21,23-24,34,41H,4,11-12H2,1-3H3,(H2,31,40)(H,32,35). The number of carbonyl (C=O) groups excluding carboxylic acids is 6. The highest BCUT2D eigenvalue weighted by molar-refractivity contribution is 6.32. The fourth-order valence-corrected chi connectivity index (χ4v) is 6.86. The third-order valence-corrected chi connectivity index (χ3v) is 8.75. The number of primary amides is 1. The zero-order valence-electron chi connectivity index (χ0n) is 22.8. The molecule has 6 unspecified atom stereocenters. The van der Waals surface area contributed by atoms with Crippen molar-refractivity contribution in [1.82, 2.24) is 4.90 Å². The van der Waals surface area contributed by atoms with Crippen LogP contribution in [-0.4, -0.2) is 75.8 Å². The van der Waals surface area contributed by atoms with E-state index >= 15 is 0 Å². The summed E-state index contributed by atoms with van der Waals surface area (Å²) in [5.41, 5.74) is 4.96. The van der Waals surface area contributed by atoms with Crippen LogP contribution in [0.2, 0.25) is 0 Å². The van der Waals surface area contributed by atoms with Gasteiger partial charge < -0.3 is 21.3 Å². The number of fused-ring (bicyclic) bond motifs is 3. The van der Waals surface area contributed by atoms with Crippen LogP contribution in [-0.2, 0) is 30.4 Å². The van der Waals surface area contributed by atoms with Gasteiger partial charge in [0.25, 0.3) is 0 Å². The molecule has 214 valence electrons. The molecule has 0 bridgehead atoms. The minimum absolute atomic E-state index is 0.0268. The summed E-state index contributed by atoms with van der Waals surface area (Å²) in [6, 6.07) is 8.82. The van der Waals surface area contributed by atoms with Crippen molar-refractivity contribution in [3.8, 4) is 16.9 Å². The minimum Gasteiger partial charge on any atom is -0.507 e. The molecule has 5 N–H and O–H groups in total. The van der Waals surface area contributed by atoms with Gasteiger partial charge in [0.1, 0.15) is 5.75 Å². The van der Waals surface area contributed by atoms with Crippen LogP contribution in [0.5, 0.6) is 5.75 Å². The van der Waals surface area contributed by atoms with Gasteiger partial charge in [-0.3, -0.25) is 33.7 Å². The molecule has 2 aromatic rings. The Morgan fingerprint density at radius 3 is 2.29 bits per heavy atom.